The van der Waals surface area contributed by atoms with Gasteiger partial charge in [0.15, 0.2) is 5.82 Å². The van der Waals surface area contributed by atoms with Crippen LogP contribution in [-0.4, -0.2) is 43.0 Å². The van der Waals surface area contributed by atoms with Crippen LogP contribution in [0.2, 0.25) is 0 Å². The Morgan fingerprint density at radius 3 is 2.59 bits per heavy atom. The molecule has 29 heavy (non-hydrogen) atoms. The number of aryl methyl sites for hydroxylation is 1. The molecule has 1 aromatic heterocycles. The number of piperazine rings is 1. The SMILES string of the molecule is C.Cc1ccnc(N2CCN(c3cccc(COC(=O)CC(=N)N)c3F)CC2)c1. The van der Waals surface area contributed by atoms with Gasteiger partial charge in [-0.25, -0.2) is 9.37 Å². The molecule has 1 aromatic carbocycles. The summed E-state index contributed by atoms with van der Waals surface area (Å²) in [6.45, 7) is 4.67. The summed E-state index contributed by atoms with van der Waals surface area (Å²) in [6.07, 6.45) is 1.50. The number of benzene rings is 1. The molecule has 0 radical (unpaired) electrons. The number of carbonyl (C=O) groups is 1. The molecule has 3 N–H and O–H groups in total. The lowest BCUT2D eigenvalue weighted by atomic mass is 10.1. The Bertz CT molecular complexity index is 866. The molecule has 2 aromatic rings. The minimum atomic E-state index is -0.642. The Morgan fingerprint density at radius 2 is 1.93 bits per heavy atom. The monoisotopic (exact) mass is 401 g/mol. The van der Waals surface area contributed by atoms with E-state index >= 15 is 0 Å². The van der Waals surface area contributed by atoms with E-state index in [9.17, 15) is 9.18 Å². The number of rotatable bonds is 6. The fraction of sp³-hybridized carbons (Fsp3) is 0.381. The third-order valence-electron chi connectivity index (χ3n) is 4.63. The van der Waals surface area contributed by atoms with Crippen molar-refractivity contribution in [1.29, 1.82) is 5.41 Å². The summed E-state index contributed by atoms with van der Waals surface area (Å²) in [6, 6.07) is 9.08. The summed E-state index contributed by atoms with van der Waals surface area (Å²) in [5.74, 6) is -0.372. The number of esters is 1. The highest BCUT2D eigenvalue weighted by molar-refractivity contribution is 5.94. The number of carbonyl (C=O) groups excluding carboxylic acids is 1. The second-order valence-electron chi connectivity index (χ2n) is 6.78. The Balaban J connectivity index is 0.00000300. The molecule has 0 unspecified atom stereocenters. The van der Waals surface area contributed by atoms with Gasteiger partial charge in [0.2, 0.25) is 0 Å². The molecule has 0 amide bonds. The summed E-state index contributed by atoms with van der Waals surface area (Å²) >= 11 is 0. The molecule has 2 heterocycles. The predicted octanol–water partition coefficient (Wildman–Crippen LogP) is 2.86. The summed E-state index contributed by atoms with van der Waals surface area (Å²) in [4.78, 5) is 20.1. The number of ether oxygens (including phenoxy) is 1. The van der Waals surface area contributed by atoms with Crippen molar-refractivity contribution in [3.8, 4) is 0 Å². The summed E-state index contributed by atoms with van der Waals surface area (Å²) in [5, 5.41) is 7.10. The zero-order chi connectivity index (χ0) is 20.1. The quantitative estimate of drug-likeness (QED) is 0.439. The highest BCUT2D eigenvalue weighted by Gasteiger charge is 2.22. The van der Waals surface area contributed by atoms with E-state index in [0.717, 1.165) is 24.5 Å². The third kappa shape index (κ3) is 5.66. The highest BCUT2D eigenvalue weighted by atomic mass is 19.1. The molecule has 0 atom stereocenters. The molecular formula is C21H28FN5O2. The van der Waals surface area contributed by atoms with E-state index in [-0.39, 0.29) is 32.1 Å². The van der Waals surface area contributed by atoms with Crippen LogP contribution in [-0.2, 0) is 16.1 Å². The van der Waals surface area contributed by atoms with E-state index in [0.29, 0.717) is 24.3 Å². The maximum atomic E-state index is 14.9. The number of nitrogens with two attached hydrogens (primary N) is 1. The number of halogens is 1. The maximum absolute atomic E-state index is 14.9. The summed E-state index contributed by atoms with van der Waals surface area (Å²) < 4.78 is 19.9. The van der Waals surface area contributed by atoms with Crippen LogP contribution in [0, 0.1) is 18.2 Å². The van der Waals surface area contributed by atoms with Crippen LogP contribution in [0.3, 0.4) is 0 Å². The molecule has 7 nitrogen and oxygen atoms in total. The number of nitrogens with zero attached hydrogens (tertiary/aromatic N) is 3. The van der Waals surface area contributed by atoms with Crippen LogP contribution < -0.4 is 15.5 Å². The van der Waals surface area contributed by atoms with Gasteiger partial charge in [-0.2, -0.15) is 0 Å². The van der Waals surface area contributed by atoms with Gasteiger partial charge in [0, 0.05) is 37.9 Å². The molecule has 0 bridgehead atoms. The van der Waals surface area contributed by atoms with E-state index < -0.39 is 5.97 Å². The summed E-state index contributed by atoms with van der Waals surface area (Å²) in [5.41, 5.74) is 7.13. The third-order valence-corrected chi connectivity index (χ3v) is 4.63. The number of hydrogen-bond donors (Lipinski definition) is 2. The van der Waals surface area contributed by atoms with Crippen molar-refractivity contribution < 1.29 is 13.9 Å². The first-order valence-corrected chi connectivity index (χ1v) is 9.12. The Kier molecular flexibility index (Phi) is 7.52. The van der Waals surface area contributed by atoms with Gasteiger partial charge in [0.25, 0.3) is 0 Å². The lowest BCUT2D eigenvalue weighted by Crippen LogP contribution is -2.47. The Morgan fingerprint density at radius 1 is 1.24 bits per heavy atom. The van der Waals surface area contributed by atoms with Crippen molar-refractivity contribution in [3.63, 3.8) is 0 Å². The van der Waals surface area contributed by atoms with Gasteiger partial charge in [0.05, 0.1) is 5.69 Å². The standard InChI is InChI=1S/C20H24FN5O2.CH4/c1-14-5-6-24-18(11-14)26-9-7-25(8-10-26)16-4-2-3-15(20(16)21)13-28-19(27)12-17(22)23;/h2-6,11H,7-10,12-13H2,1H3,(H3,22,23);1H4. The van der Waals surface area contributed by atoms with Crippen LogP contribution in [0.15, 0.2) is 36.5 Å². The normalized spacial score (nSPS) is 13.6. The number of amidine groups is 1. The number of anilines is 2. The second kappa shape index (κ2) is 9.86. The van der Waals surface area contributed by atoms with Gasteiger partial charge in [0.1, 0.15) is 24.7 Å². The van der Waals surface area contributed by atoms with Crippen molar-refractivity contribution in [1.82, 2.24) is 4.98 Å². The van der Waals surface area contributed by atoms with Gasteiger partial charge in [-0.05, 0) is 30.7 Å². The average molecular weight is 401 g/mol. The first-order valence-electron chi connectivity index (χ1n) is 9.12. The zero-order valence-corrected chi connectivity index (χ0v) is 15.8. The number of hydrogen-bond acceptors (Lipinski definition) is 6. The Labute approximate surface area is 170 Å². The molecule has 8 heteroatoms. The van der Waals surface area contributed by atoms with Crippen molar-refractivity contribution in [2.75, 3.05) is 36.0 Å². The van der Waals surface area contributed by atoms with Crippen LogP contribution in [0.25, 0.3) is 0 Å². The highest BCUT2D eigenvalue weighted by Crippen LogP contribution is 2.25. The van der Waals surface area contributed by atoms with E-state index in [1.165, 1.54) is 0 Å². The largest absolute Gasteiger partial charge is 0.460 e. The molecular weight excluding hydrogens is 373 g/mol. The number of pyridine rings is 1. The molecule has 0 aliphatic carbocycles. The van der Waals surface area contributed by atoms with Crippen LogP contribution in [0.5, 0.6) is 0 Å². The molecule has 156 valence electrons. The van der Waals surface area contributed by atoms with Gasteiger partial charge in [-0.3, -0.25) is 10.2 Å². The van der Waals surface area contributed by atoms with Crippen molar-refractivity contribution in [2.45, 2.75) is 27.4 Å². The van der Waals surface area contributed by atoms with Gasteiger partial charge in [-0.15, -0.1) is 0 Å². The van der Waals surface area contributed by atoms with Crippen LogP contribution >= 0.6 is 0 Å². The lowest BCUT2D eigenvalue weighted by molar-refractivity contribution is -0.143. The maximum Gasteiger partial charge on any atom is 0.313 e. The lowest BCUT2D eigenvalue weighted by Gasteiger charge is -2.37. The average Bonchev–Trinajstić information content (AvgIpc) is 2.67. The summed E-state index contributed by atoms with van der Waals surface area (Å²) in [7, 11) is 0. The Hall–Kier alpha value is -3.16. The van der Waals surface area contributed by atoms with Crippen molar-refractivity contribution >= 4 is 23.3 Å². The fourth-order valence-electron chi connectivity index (χ4n) is 3.16. The fourth-order valence-corrected chi connectivity index (χ4v) is 3.16. The number of aromatic nitrogens is 1. The molecule has 0 saturated carbocycles. The second-order valence-corrected chi connectivity index (χ2v) is 6.78. The molecule has 1 fully saturated rings. The van der Waals surface area contributed by atoms with Gasteiger partial charge >= 0.3 is 5.97 Å². The smallest absolute Gasteiger partial charge is 0.313 e. The van der Waals surface area contributed by atoms with Crippen molar-refractivity contribution in [3.05, 3.63) is 53.5 Å². The first kappa shape index (κ1) is 22.1. The van der Waals surface area contributed by atoms with Gasteiger partial charge < -0.3 is 20.3 Å². The van der Waals surface area contributed by atoms with Crippen molar-refractivity contribution in [2.24, 2.45) is 5.73 Å². The van der Waals surface area contributed by atoms with E-state index in [2.05, 4.69) is 9.88 Å². The molecule has 1 aliphatic heterocycles. The zero-order valence-electron chi connectivity index (χ0n) is 15.8. The van der Waals surface area contributed by atoms with E-state index in [1.54, 1.807) is 24.4 Å². The van der Waals surface area contributed by atoms with Crippen LogP contribution in [0.1, 0.15) is 25.0 Å². The topological polar surface area (TPSA) is 95.5 Å². The molecule has 3 rings (SSSR count). The predicted molar refractivity (Wildman–Crippen MR) is 113 cm³/mol. The first-order chi connectivity index (χ1) is 13.4. The molecule has 1 saturated heterocycles. The van der Waals surface area contributed by atoms with E-state index in [1.807, 2.05) is 24.0 Å². The van der Waals surface area contributed by atoms with E-state index in [4.69, 9.17) is 15.9 Å². The number of nitrogens with one attached hydrogen (secondary N) is 1. The van der Waals surface area contributed by atoms with Gasteiger partial charge in [-0.1, -0.05) is 19.6 Å². The minimum absolute atomic E-state index is 0. The minimum Gasteiger partial charge on any atom is -0.460 e. The molecule has 1 aliphatic rings. The van der Waals surface area contributed by atoms with Crippen LogP contribution in [0.4, 0.5) is 15.9 Å². The molecule has 0 spiro atoms.